The molecule has 19 heavy (non-hydrogen) atoms. The summed E-state index contributed by atoms with van der Waals surface area (Å²) in [5, 5.41) is 0. The van der Waals surface area contributed by atoms with Gasteiger partial charge in [-0.25, -0.2) is 9.23 Å². The van der Waals surface area contributed by atoms with Crippen molar-refractivity contribution in [1.29, 1.82) is 0 Å². The van der Waals surface area contributed by atoms with Gasteiger partial charge in [0, 0.05) is 13.1 Å². The number of carbonyl (C=O) groups is 1. The van der Waals surface area contributed by atoms with E-state index in [1.807, 2.05) is 4.90 Å². The van der Waals surface area contributed by atoms with E-state index in [1.165, 1.54) is 18.6 Å². The van der Waals surface area contributed by atoms with Crippen molar-refractivity contribution in [3.8, 4) is 0 Å². The maximum Gasteiger partial charge on any atom is 0.241 e. The third-order valence-electron chi connectivity index (χ3n) is 3.45. The van der Waals surface area contributed by atoms with Crippen LogP contribution in [0, 0.1) is 5.82 Å². The predicted octanol–water partition coefficient (Wildman–Crippen LogP) is 2.49. The number of likely N-dealkylation sites (tertiary alicyclic amines) is 1. The van der Waals surface area contributed by atoms with Gasteiger partial charge < -0.3 is 4.90 Å². The summed E-state index contributed by atoms with van der Waals surface area (Å²) in [7, 11) is 0. The zero-order valence-corrected chi connectivity index (χ0v) is 11.5. The second kappa shape index (κ2) is 6.87. The van der Waals surface area contributed by atoms with Gasteiger partial charge in [-0.3, -0.25) is 4.79 Å². The summed E-state index contributed by atoms with van der Waals surface area (Å²) in [4.78, 5) is 16.7. The van der Waals surface area contributed by atoms with Gasteiger partial charge in [0.25, 0.3) is 0 Å². The minimum atomic E-state index is -0.453. The summed E-state index contributed by atoms with van der Waals surface area (Å²) in [6.45, 7) is 1.61. The summed E-state index contributed by atoms with van der Waals surface area (Å²) >= 11 is 5.69. The zero-order valence-electron chi connectivity index (χ0n) is 10.7. The molecule has 0 bridgehead atoms. The van der Waals surface area contributed by atoms with Crippen LogP contribution in [0.15, 0.2) is 24.3 Å². The van der Waals surface area contributed by atoms with Crippen molar-refractivity contribution in [2.45, 2.75) is 31.7 Å². The zero-order chi connectivity index (χ0) is 13.7. The highest BCUT2D eigenvalue weighted by Gasteiger charge is 2.25. The Bertz CT molecular complexity index is 418. The van der Waals surface area contributed by atoms with Crippen molar-refractivity contribution >= 4 is 17.7 Å². The number of benzene rings is 1. The van der Waals surface area contributed by atoms with E-state index in [4.69, 9.17) is 11.8 Å². The summed E-state index contributed by atoms with van der Waals surface area (Å²) in [6, 6.07) is 5.70. The predicted molar refractivity (Wildman–Crippen MR) is 73.3 cm³/mol. The summed E-state index contributed by atoms with van der Waals surface area (Å²) in [6.07, 6.45) is 3.76. The first-order valence-corrected chi connectivity index (χ1v) is 6.98. The molecule has 3 nitrogen and oxygen atoms in total. The lowest BCUT2D eigenvalue weighted by atomic mass is 10.0. The summed E-state index contributed by atoms with van der Waals surface area (Å²) < 4.78 is 12.8. The maximum absolute atomic E-state index is 12.8. The molecule has 0 spiro atoms. The lowest BCUT2D eigenvalue weighted by Crippen LogP contribution is -2.46. The quantitative estimate of drug-likeness (QED) is 0.862. The summed E-state index contributed by atoms with van der Waals surface area (Å²) in [5.41, 5.74) is 0.893. The first-order valence-electron chi connectivity index (χ1n) is 6.60. The van der Waals surface area contributed by atoms with Crippen LogP contribution in [0.25, 0.3) is 0 Å². The number of piperidine rings is 1. The fraction of sp³-hybridized carbons (Fsp3) is 0.500. The van der Waals surface area contributed by atoms with Crippen LogP contribution < -0.4 is 4.84 Å². The molecule has 1 atom stereocenters. The van der Waals surface area contributed by atoms with Crippen LogP contribution in [0.2, 0.25) is 0 Å². The Labute approximate surface area is 117 Å². The lowest BCUT2D eigenvalue weighted by Gasteiger charge is -2.29. The molecule has 0 aromatic heterocycles. The van der Waals surface area contributed by atoms with E-state index in [-0.39, 0.29) is 11.7 Å². The van der Waals surface area contributed by atoms with Crippen molar-refractivity contribution in [2.24, 2.45) is 0 Å². The average Bonchev–Trinajstić information content (AvgIpc) is 2.47. The van der Waals surface area contributed by atoms with Crippen LogP contribution in [-0.2, 0) is 11.2 Å². The molecule has 0 radical (unpaired) electrons. The SMILES string of the molecule is O=C([C@@H](Cc1ccc(F)cc1)NCl)N1CCCCC1. The van der Waals surface area contributed by atoms with Crippen LogP contribution >= 0.6 is 11.8 Å². The van der Waals surface area contributed by atoms with Gasteiger partial charge in [-0.15, -0.1) is 0 Å². The molecule has 1 aliphatic heterocycles. The number of hydrogen-bond acceptors (Lipinski definition) is 2. The molecule has 1 N–H and O–H groups in total. The molecular formula is C14H18ClFN2O. The Morgan fingerprint density at radius 2 is 1.89 bits per heavy atom. The van der Waals surface area contributed by atoms with E-state index >= 15 is 0 Å². The van der Waals surface area contributed by atoms with Gasteiger partial charge in [0.15, 0.2) is 0 Å². The lowest BCUT2D eigenvalue weighted by molar-refractivity contribution is -0.133. The number of carbonyl (C=O) groups excluding carboxylic acids is 1. The van der Waals surface area contributed by atoms with Crippen molar-refractivity contribution in [3.63, 3.8) is 0 Å². The Morgan fingerprint density at radius 3 is 2.47 bits per heavy atom. The minimum Gasteiger partial charge on any atom is -0.341 e. The molecular weight excluding hydrogens is 267 g/mol. The monoisotopic (exact) mass is 284 g/mol. The fourth-order valence-corrected chi connectivity index (χ4v) is 2.53. The van der Waals surface area contributed by atoms with Crippen molar-refractivity contribution in [3.05, 3.63) is 35.6 Å². The Morgan fingerprint density at radius 1 is 1.26 bits per heavy atom. The Balaban J connectivity index is 1.98. The number of nitrogens with zero attached hydrogens (tertiary/aromatic N) is 1. The number of rotatable bonds is 4. The van der Waals surface area contributed by atoms with Crippen LogP contribution in [0.1, 0.15) is 24.8 Å². The van der Waals surface area contributed by atoms with Gasteiger partial charge in [-0.1, -0.05) is 12.1 Å². The molecule has 104 valence electrons. The molecule has 1 aromatic rings. The van der Waals surface area contributed by atoms with E-state index < -0.39 is 6.04 Å². The molecule has 0 saturated carbocycles. The van der Waals surface area contributed by atoms with Crippen molar-refractivity contribution in [2.75, 3.05) is 13.1 Å². The van der Waals surface area contributed by atoms with Gasteiger partial charge in [0.05, 0.1) is 0 Å². The first-order chi connectivity index (χ1) is 9.20. The number of amides is 1. The van der Waals surface area contributed by atoms with E-state index in [2.05, 4.69) is 4.84 Å². The molecule has 1 heterocycles. The van der Waals surface area contributed by atoms with E-state index in [0.717, 1.165) is 31.5 Å². The highest BCUT2D eigenvalue weighted by molar-refractivity contribution is 6.15. The molecule has 0 aliphatic carbocycles. The number of hydrogen-bond donors (Lipinski definition) is 1. The largest absolute Gasteiger partial charge is 0.341 e. The number of halogens is 2. The maximum atomic E-state index is 12.8. The smallest absolute Gasteiger partial charge is 0.241 e. The van der Waals surface area contributed by atoms with Gasteiger partial charge in [-0.2, -0.15) is 0 Å². The highest BCUT2D eigenvalue weighted by Crippen LogP contribution is 2.13. The van der Waals surface area contributed by atoms with Gasteiger partial charge in [0.1, 0.15) is 11.9 Å². The molecule has 1 aromatic carbocycles. The molecule has 1 fully saturated rings. The number of nitrogens with one attached hydrogen (secondary N) is 1. The standard InChI is InChI=1S/C14H18ClFN2O/c15-17-13(10-11-4-6-12(16)7-5-11)14(19)18-8-2-1-3-9-18/h4-7,13,17H,1-3,8-10H2/t13-/m1/s1. The Kier molecular flexibility index (Phi) is 5.16. The third-order valence-corrected chi connectivity index (χ3v) is 3.71. The Hall–Kier alpha value is -1.13. The normalized spacial score (nSPS) is 17.3. The van der Waals surface area contributed by atoms with Crippen LogP contribution in [0.5, 0.6) is 0 Å². The first kappa shape index (κ1) is 14.3. The molecule has 2 rings (SSSR count). The highest BCUT2D eigenvalue weighted by atomic mass is 35.5. The van der Waals surface area contributed by atoms with Crippen molar-refractivity contribution in [1.82, 2.24) is 9.74 Å². The van der Waals surface area contributed by atoms with Gasteiger partial charge in [-0.05, 0) is 55.2 Å². The van der Waals surface area contributed by atoms with Gasteiger partial charge >= 0.3 is 0 Å². The molecule has 1 aliphatic rings. The van der Waals surface area contributed by atoms with E-state index in [9.17, 15) is 9.18 Å². The molecule has 5 heteroatoms. The molecule has 1 saturated heterocycles. The minimum absolute atomic E-state index is 0.0269. The van der Waals surface area contributed by atoms with Crippen LogP contribution in [0.4, 0.5) is 4.39 Å². The average molecular weight is 285 g/mol. The van der Waals surface area contributed by atoms with E-state index in [0.29, 0.717) is 6.42 Å². The topological polar surface area (TPSA) is 32.3 Å². The van der Waals surface area contributed by atoms with Crippen LogP contribution in [-0.4, -0.2) is 29.9 Å². The fourth-order valence-electron chi connectivity index (χ4n) is 2.36. The van der Waals surface area contributed by atoms with Crippen molar-refractivity contribution < 1.29 is 9.18 Å². The second-order valence-corrected chi connectivity index (χ2v) is 5.10. The second-order valence-electron chi connectivity index (χ2n) is 4.88. The summed E-state index contributed by atoms with van der Waals surface area (Å²) in [5.74, 6) is -0.250. The van der Waals surface area contributed by atoms with E-state index in [1.54, 1.807) is 12.1 Å². The molecule has 0 unspecified atom stereocenters. The molecule has 1 amide bonds. The van der Waals surface area contributed by atoms with Gasteiger partial charge in [0.2, 0.25) is 5.91 Å². The van der Waals surface area contributed by atoms with Crippen LogP contribution in [0.3, 0.4) is 0 Å². The third kappa shape index (κ3) is 3.91.